The first kappa shape index (κ1) is 12.5. The lowest BCUT2D eigenvalue weighted by Gasteiger charge is -2.30. The van der Waals surface area contributed by atoms with Gasteiger partial charge in [-0.15, -0.1) is 0 Å². The van der Waals surface area contributed by atoms with E-state index in [0.717, 1.165) is 11.8 Å². The standard InChI is InChI=1S/C15H16I2/c1-15(2)13-7-9(16)3-5-11(13)12-6-4-10(17)8-14(12)15/h3-5,7-8,11-13H,6H2,1-2H3/t11?,12?,13-/m0/s1. The molecule has 0 spiro atoms. The maximum atomic E-state index is 2.48. The Morgan fingerprint density at radius 3 is 2.76 bits per heavy atom. The van der Waals surface area contributed by atoms with Gasteiger partial charge in [0.1, 0.15) is 0 Å². The summed E-state index contributed by atoms with van der Waals surface area (Å²) in [5.41, 5.74) is 1.99. The summed E-state index contributed by atoms with van der Waals surface area (Å²) in [6.45, 7) is 4.84. The molecule has 0 aromatic heterocycles. The van der Waals surface area contributed by atoms with Crippen LogP contribution in [0.4, 0.5) is 0 Å². The highest BCUT2D eigenvalue weighted by Crippen LogP contribution is 2.59. The lowest BCUT2D eigenvalue weighted by atomic mass is 9.75. The zero-order chi connectivity index (χ0) is 12.2. The predicted molar refractivity (Wildman–Crippen MR) is 90.3 cm³/mol. The van der Waals surface area contributed by atoms with Crippen LogP contribution in [-0.4, -0.2) is 0 Å². The second kappa shape index (κ2) is 4.22. The number of allylic oxidation sites excluding steroid dienone is 8. The van der Waals surface area contributed by atoms with Gasteiger partial charge in [0.25, 0.3) is 0 Å². The summed E-state index contributed by atoms with van der Waals surface area (Å²) in [4.78, 5) is 0. The van der Waals surface area contributed by atoms with E-state index < -0.39 is 0 Å². The quantitative estimate of drug-likeness (QED) is 0.433. The molecule has 0 N–H and O–H groups in total. The smallest absolute Gasteiger partial charge is 0.00902 e. The molecule has 1 fully saturated rings. The summed E-state index contributed by atoms with van der Waals surface area (Å²) in [6.07, 6.45) is 13.3. The van der Waals surface area contributed by atoms with Gasteiger partial charge in [-0.3, -0.25) is 0 Å². The Hall–Kier alpha value is 0.420. The highest BCUT2D eigenvalue weighted by Gasteiger charge is 2.50. The molecular weight excluding hydrogens is 434 g/mol. The van der Waals surface area contributed by atoms with Gasteiger partial charge >= 0.3 is 0 Å². The molecule has 0 bridgehead atoms. The Bertz CT molecular complexity index is 477. The van der Waals surface area contributed by atoms with Crippen LogP contribution in [0.2, 0.25) is 0 Å². The summed E-state index contributed by atoms with van der Waals surface area (Å²) in [6, 6.07) is 0. The van der Waals surface area contributed by atoms with E-state index in [-0.39, 0.29) is 0 Å². The largest absolute Gasteiger partial charge is 0.0791 e. The molecule has 1 saturated carbocycles. The van der Waals surface area contributed by atoms with E-state index in [4.69, 9.17) is 0 Å². The predicted octanol–water partition coefficient (Wildman–Crippen LogP) is 5.41. The van der Waals surface area contributed by atoms with Crippen LogP contribution in [0.1, 0.15) is 20.3 Å². The summed E-state index contributed by atoms with van der Waals surface area (Å²) < 4.78 is 2.82. The van der Waals surface area contributed by atoms with Crippen LogP contribution in [0, 0.1) is 23.2 Å². The molecule has 0 nitrogen and oxygen atoms in total. The van der Waals surface area contributed by atoms with E-state index in [1.807, 2.05) is 0 Å². The Morgan fingerprint density at radius 1 is 1.24 bits per heavy atom. The minimum atomic E-state index is 0.321. The third-order valence-electron chi connectivity index (χ3n) is 4.53. The van der Waals surface area contributed by atoms with Gasteiger partial charge in [-0.05, 0) is 80.8 Å². The van der Waals surface area contributed by atoms with Crippen molar-refractivity contribution in [2.45, 2.75) is 20.3 Å². The molecule has 0 aromatic rings. The fourth-order valence-electron chi connectivity index (χ4n) is 3.64. The van der Waals surface area contributed by atoms with Crippen molar-refractivity contribution >= 4 is 45.2 Å². The zero-order valence-corrected chi connectivity index (χ0v) is 14.4. The van der Waals surface area contributed by atoms with Crippen molar-refractivity contribution in [3.63, 3.8) is 0 Å². The van der Waals surface area contributed by atoms with Crippen LogP contribution < -0.4 is 0 Å². The average molecular weight is 450 g/mol. The van der Waals surface area contributed by atoms with E-state index in [0.29, 0.717) is 11.3 Å². The van der Waals surface area contributed by atoms with Crippen LogP contribution in [0.3, 0.4) is 0 Å². The molecule has 2 heteroatoms. The van der Waals surface area contributed by atoms with E-state index >= 15 is 0 Å². The first-order valence-electron chi connectivity index (χ1n) is 6.13. The summed E-state index contributed by atoms with van der Waals surface area (Å²) in [5.74, 6) is 2.15. The molecule has 0 aromatic carbocycles. The van der Waals surface area contributed by atoms with Gasteiger partial charge in [0, 0.05) is 7.16 Å². The maximum Gasteiger partial charge on any atom is 0.00902 e. The molecule has 3 rings (SSSR count). The van der Waals surface area contributed by atoms with Crippen molar-refractivity contribution in [2.75, 3.05) is 0 Å². The molecule has 3 atom stereocenters. The lowest BCUT2D eigenvalue weighted by molar-refractivity contribution is 0.321. The maximum absolute atomic E-state index is 2.48. The van der Waals surface area contributed by atoms with E-state index in [1.54, 1.807) is 5.57 Å². The number of hydrogen-bond acceptors (Lipinski definition) is 0. The van der Waals surface area contributed by atoms with Crippen molar-refractivity contribution in [3.8, 4) is 0 Å². The molecular formula is C15H16I2. The van der Waals surface area contributed by atoms with E-state index in [9.17, 15) is 0 Å². The van der Waals surface area contributed by atoms with Gasteiger partial charge < -0.3 is 0 Å². The van der Waals surface area contributed by atoms with Crippen molar-refractivity contribution in [1.82, 2.24) is 0 Å². The second-order valence-corrected chi connectivity index (χ2v) is 8.26. The van der Waals surface area contributed by atoms with Gasteiger partial charge in [0.2, 0.25) is 0 Å². The molecule has 0 radical (unpaired) electrons. The van der Waals surface area contributed by atoms with Crippen LogP contribution in [0.25, 0.3) is 0 Å². The number of hydrogen-bond donors (Lipinski definition) is 0. The monoisotopic (exact) mass is 450 g/mol. The Labute approximate surface area is 131 Å². The Balaban J connectivity index is 2.09. The van der Waals surface area contributed by atoms with Crippen LogP contribution in [0.5, 0.6) is 0 Å². The number of halogens is 2. The van der Waals surface area contributed by atoms with Crippen molar-refractivity contribution < 1.29 is 0 Å². The molecule has 3 aliphatic carbocycles. The molecule has 0 saturated heterocycles. The highest BCUT2D eigenvalue weighted by atomic mass is 127. The van der Waals surface area contributed by atoms with Gasteiger partial charge in [0.15, 0.2) is 0 Å². The Morgan fingerprint density at radius 2 is 2.00 bits per heavy atom. The molecule has 0 amide bonds. The molecule has 17 heavy (non-hydrogen) atoms. The lowest BCUT2D eigenvalue weighted by Crippen LogP contribution is -2.22. The van der Waals surface area contributed by atoms with Gasteiger partial charge in [0.05, 0.1) is 0 Å². The second-order valence-electron chi connectivity index (χ2n) is 5.77. The van der Waals surface area contributed by atoms with Gasteiger partial charge in [-0.2, -0.15) is 0 Å². The first-order valence-corrected chi connectivity index (χ1v) is 8.29. The minimum absolute atomic E-state index is 0.321. The fourth-order valence-corrected chi connectivity index (χ4v) is 4.82. The van der Waals surface area contributed by atoms with Crippen molar-refractivity contribution in [2.24, 2.45) is 23.2 Å². The molecule has 90 valence electrons. The normalized spacial score (nSPS) is 37.9. The third-order valence-corrected chi connectivity index (χ3v) is 6.00. The van der Waals surface area contributed by atoms with Crippen molar-refractivity contribution in [1.29, 1.82) is 0 Å². The Kier molecular flexibility index (Phi) is 3.09. The molecule has 0 heterocycles. The summed E-state index contributed by atoms with van der Waals surface area (Å²) >= 11 is 4.91. The topological polar surface area (TPSA) is 0 Å². The number of fused-ring (bicyclic) bond motifs is 3. The summed E-state index contributed by atoms with van der Waals surface area (Å²) in [5, 5.41) is 0. The molecule has 3 aliphatic rings. The third kappa shape index (κ3) is 1.90. The zero-order valence-electron chi connectivity index (χ0n) is 10.1. The average Bonchev–Trinajstić information content (AvgIpc) is 2.49. The van der Waals surface area contributed by atoms with Crippen LogP contribution in [0.15, 0.2) is 43.1 Å². The molecule has 2 unspecified atom stereocenters. The molecule has 0 aliphatic heterocycles. The fraction of sp³-hybridized carbons (Fsp3) is 0.467. The SMILES string of the molecule is CC1(C)C2=CC(I)=CCC2C2C=CC(I)=C[C@@H]21. The van der Waals surface area contributed by atoms with E-state index in [1.165, 1.54) is 13.6 Å². The highest BCUT2D eigenvalue weighted by molar-refractivity contribution is 14.1. The first-order chi connectivity index (χ1) is 8.00. The summed E-state index contributed by atoms with van der Waals surface area (Å²) in [7, 11) is 0. The minimum Gasteiger partial charge on any atom is -0.0791 e. The van der Waals surface area contributed by atoms with Crippen LogP contribution in [-0.2, 0) is 0 Å². The van der Waals surface area contributed by atoms with Gasteiger partial charge in [-0.1, -0.05) is 43.7 Å². The van der Waals surface area contributed by atoms with Crippen LogP contribution >= 0.6 is 45.2 Å². The van der Waals surface area contributed by atoms with Gasteiger partial charge in [-0.25, -0.2) is 0 Å². The van der Waals surface area contributed by atoms with E-state index in [2.05, 4.69) is 89.4 Å². The number of rotatable bonds is 0. The van der Waals surface area contributed by atoms with Crippen molar-refractivity contribution in [3.05, 3.63) is 43.1 Å².